The van der Waals surface area contributed by atoms with E-state index in [-0.39, 0.29) is 0 Å². The number of hydrogen-bond acceptors (Lipinski definition) is 2. The third-order valence-corrected chi connectivity index (χ3v) is 14.3. The van der Waals surface area contributed by atoms with Crippen LogP contribution < -0.4 is 0 Å². The van der Waals surface area contributed by atoms with Gasteiger partial charge in [0.2, 0.25) is 0 Å². The molecule has 2 aliphatic rings. The van der Waals surface area contributed by atoms with Gasteiger partial charge in [-0.15, -0.1) is 22.7 Å². The van der Waals surface area contributed by atoms with Crippen LogP contribution in [-0.2, 0) is 0 Å². The van der Waals surface area contributed by atoms with Crippen molar-refractivity contribution < 1.29 is 0 Å². The first kappa shape index (κ1) is 41.2. The summed E-state index contributed by atoms with van der Waals surface area (Å²) in [6, 6.07) is 14.8. The maximum Gasteiger partial charge on any atom is 0.0427 e. The molecule has 0 fully saturated rings. The molecule has 0 spiro atoms. The molecule has 54 heavy (non-hydrogen) atoms. The van der Waals surface area contributed by atoms with E-state index in [0.717, 1.165) is 0 Å². The SMILES string of the molecule is CCCCCCCCCCCCCCCC=C1c2cc3cc4c(cc3cc2-c2sccc21)C(=CCCCCCCCCCCCCCCC)c1ccsc1-4. The van der Waals surface area contributed by atoms with E-state index in [1.54, 1.807) is 0 Å². The van der Waals surface area contributed by atoms with Crippen LogP contribution in [0, 0.1) is 0 Å². The summed E-state index contributed by atoms with van der Waals surface area (Å²) in [6.07, 6.45) is 44.3. The molecule has 0 nitrogen and oxygen atoms in total. The fourth-order valence-electron chi connectivity index (χ4n) is 9.18. The fraction of sp³-hybridized carbons (Fsp3) is 0.577. The van der Waals surface area contributed by atoms with Crippen LogP contribution in [0.3, 0.4) is 0 Å². The average molecular weight is 761 g/mol. The van der Waals surface area contributed by atoms with Crippen molar-refractivity contribution in [1.29, 1.82) is 0 Å². The van der Waals surface area contributed by atoms with Gasteiger partial charge in [0, 0.05) is 32.0 Å². The number of unbranched alkanes of at least 4 members (excludes halogenated alkanes) is 26. The molecule has 6 rings (SSSR count). The summed E-state index contributed by atoms with van der Waals surface area (Å²) >= 11 is 3.85. The summed E-state index contributed by atoms with van der Waals surface area (Å²) in [6.45, 7) is 4.62. The summed E-state index contributed by atoms with van der Waals surface area (Å²) in [7, 11) is 0. The zero-order valence-electron chi connectivity index (χ0n) is 34.4. The maximum absolute atomic E-state index is 2.57. The summed E-state index contributed by atoms with van der Waals surface area (Å²) in [5, 5.41) is 7.39. The molecule has 2 aromatic heterocycles. The van der Waals surface area contributed by atoms with E-state index >= 15 is 0 Å². The van der Waals surface area contributed by atoms with Crippen LogP contribution in [0.25, 0.3) is 42.8 Å². The lowest BCUT2D eigenvalue weighted by molar-refractivity contribution is 0.540. The van der Waals surface area contributed by atoms with Crippen LogP contribution in [0.2, 0.25) is 0 Å². The Labute approximate surface area is 339 Å². The van der Waals surface area contributed by atoms with Gasteiger partial charge < -0.3 is 0 Å². The van der Waals surface area contributed by atoms with E-state index in [2.05, 4.69) is 73.2 Å². The molecule has 0 saturated carbocycles. The van der Waals surface area contributed by atoms with Crippen molar-refractivity contribution in [3.63, 3.8) is 0 Å². The van der Waals surface area contributed by atoms with Crippen LogP contribution in [0.1, 0.15) is 216 Å². The Morgan fingerprint density at radius 1 is 0.352 bits per heavy atom. The molecule has 292 valence electrons. The molecule has 2 aliphatic carbocycles. The Kier molecular flexibility index (Phi) is 17.5. The van der Waals surface area contributed by atoms with Crippen molar-refractivity contribution >= 4 is 44.6 Å². The normalized spacial score (nSPS) is 14.4. The van der Waals surface area contributed by atoms with E-state index in [1.165, 1.54) is 245 Å². The van der Waals surface area contributed by atoms with E-state index in [0.29, 0.717) is 0 Å². The van der Waals surface area contributed by atoms with E-state index in [9.17, 15) is 0 Å². The second kappa shape index (κ2) is 23.0. The number of rotatable bonds is 28. The molecule has 2 heterocycles. The van der Waals surface area contributed by atoms with Gasteiger partial charge in [-0.3, -0.25) is 0 Å². The Bertz CT molecular complexity index is 1630. The van der Waals surface area contributed by atoms with Crippen molar-refractivity contribution in [2.24, 2.45) is 0 Å². The molecule has 0 amide bonds. The third-order valence-electron chi connectivity index (χ3n) is 12.4. The summed E-state index contributed by atoms with van der Waals surface area (Å²) in [5.74, 6) is 0. The van der Waals surface area contributed by atoms with Crippen LogP contribution in [-0.4, -0.2) is 0 Å². The molecular formula is C52H72S2. The molecule has 2 aromatic carbocycles. The second-order valence-electron chi connectivity index (χ2n) is 16.8. The second-order valence-corrected chi connectivity index (χ2v) is 18.6. The summed E-state index contributed by atoms with van der Waals surface area (Å²) in [5.41, 5.74) is 11.7. The van der Waals surface area contributed by atoms with Gasteiger partial charge in [-0.2, -0.15) is 0 Å². The average Bonchev–Trinajstić information content (AvgIpc) is 3.97. The standard InChI is InChI=1S/C52H72S2/c1-3-5-7-9-11-13-15-17-19-21-23-25-27-29-31-43-45-33-35-53-51(45)49-39-42-38-48-44(46-34-36-54-52(46)50(48)40-41(42)37-47(43)49)32-30-28-26-24-22-20-18-16-14-12-10-8-6-4-2/h31-40H,3-30H2,1-2H3. The lowest BCUT2D eigenvalue weighted by Gasteiger charge is -2.10. The van der Waals surface area contributed by atoms with Gasteiger partial charge in [-0.25, -0.2) is 0 Å². The first-order chi connectivity index (χ1) is 26.8. The van der Waals surface area contributed by atoms with E-state index < -0.39 is 0 Å². The molecule has 2 heteroatoms. The lowest BCUT2D eigenvalue weighted by Crippen LogP contribution is -1.87. The van der Waals surface area contributed by atoms with Crippen LogP contribution in [0.4, 0.5) is 0 Å². The van der Waals surface area contributed by atoms with Crippen molar-refractivity contribution in [3.8, 4) is 20.9 Å². The van der Waals surface area contributed by atoms with Crippen molar-refractivity contribution in [3.05, 3.63) is 81.6 Å². The molecule has 0 saturated heterocycles. The highest BCUT2D eigenvalue weighted by atomic mass is 32.1. The topological polar surface area (TPSA) is 0 Å². The largest absolute Gasteiger partial charge is 0.143 e. The number of hydrogen-bond donors (Lipinski definition) is 0. The molecule has 0 atom stereocenters. The number of thiophene rings is 2. The number of fused-ring (bicyclic) bond motifs is 7. The highest BCUT2D eigenvalue weighted by molar-refractivity contribution is 7.14. The highest BCUT2D eigenvalue weighted by Gasteiger charge is 2.28. The summed E-state index contributed by atoms with van der Waals surface area (Å²) in [4.78, 5) is 2.95. The van der Waals surface area contributed by atoms with Crippen LogP contribution >= 0.6 is 22.7 Å². The Morgan fingerprint density at radius 3 is 0.981 bits per heavy atom. The summed E-state index contributed by atoms with van der Waals surface area (Å²) < 4.78 is 0. The predicted molar refractivity (Wildman–Crippen MR) is 245 cm³/mol. The zero-order valence-corrected chi connectivity index (χ0v) is 36.0. The van der Waals surface area contributed by atoms with Gasteiger partial charge in [0.25, 0.3) is 0 Å². The molecule has 0 bridgehead atoms. The molecular weight excluding hydrogens is 689 g/mol. The molecule has 4 aromatic rings. The quantitative estimate of drug-likeness (QED) is 0.0437. The minimum absolute atomic E-state index is 1.19. The van der Waals surface area contributed by atoms with Crippen LogP contribution in [0.15, 0.2) is 59.3 Å². The van der Waals surface area contributed by atoms with Crippen molar-refractivity contribution in [2.45, 2.75) is 194 Å². The Hall–Kier alpha value is -2.42. The zero-order chi connectivity index (χ0) is 37.2. The minimum Gasteiger partial charge on any atom is -0.143 e. The van der Waals surface area contributed by atoms with Gasteiger partial charge in [-0.05, 0) is 106 Å². The Balaban J connectivity index is 0.988. The predicted octanol–water partition coefficient (Wildman–Crippen LogP) is 18.7. The van der Waals surface area contributed by atoms with Gasteiger partial charge in [0.05, 0.1) is 0 Å². The van der Waals surface area contributed by atoms with Crippen LogP contribution in [0.5, 0.6) is 0 Å². The van der Waals surface area contributed by atoms with E-state index in [4.69, 9.17) is 0 Å². The maximum atomic E-state index is 2.57. The first-order valence-electron chi connectivity index (χ1n) is 23.0. The highest BCUT2D eigenvalue weighted by Crippen LogP contribution is 2.52. The van der Waals surface area contributed by atoms with Crippen molar-refractivity contribution in [1.82, 2.24) is 0 Å². The smallest absolute Gasteiger partial charge is 0.0427 e. The van der Waals surface area contributed by atoms with Crippen molar-refractivity contribution in [2.75, 3.05) is 0 Å². The third kappa shape index (κ3) is 11.3. The van der Waals surface area contributed by atoms with E-state index in [1.807, 2.05) is 22.7 Å². The van der Waals surface area contributed by atoms with Gasteiger partial charge in [0.15, 0.2) is 0 Å². The lowest BCUT2D eigenvalue weighted by atomic mass is 9.94. The molecule has 0 N–H and O–H groups in total. The number of allylic oxidation sites excluding steroid dienone is 2. The molecule has 0 aliphatic heterocycles. The van der Waals surface area contributed by atoms with Gasteiger partial charge in [0.1, 0.15) is 0 Å². The first-order valence-corrected chi connectivity index (χ1v) is 24.8. The Morgan fingerprint density at radius 2 is 0.648 bits per heavy atom. The number of benzene rings is 2. The minimum atomic E-state index is 1.19. The van der Waals surface area contributed by atoms with Gasteiger partial charge >= 0.3 is 0 Å². The molecule has 0 unspecified atom stereocenters. The molecule has 0 radical (unpaired) electrons. The van der Waals surface area contributed by atoms with Gasteiger partial charge in [-0.1, -0.05) is 180 Å². The fourth-order valence-corrected chi connectivity index (χ4v) is 11.1. The monoisotopic (exact) mass is 761 g/mol.